The van der Waals surface area contributed by atoms with Gasteiger partial charge in [-0.2, -0.15) is 0 Å². The van der Waals surface area contributed by atoms with Crippen molar-refractivity contribution < 1.29 is 4.79 Å². The number of nitrogens with one attached hydrogen (secondary N) is 1. The molecule has 0 aliphatic rings. The van der Waals surface area contributed by atoms with Crippen molar-refractivity contribution in [3.63, 3.8) is 0 Å². The van der Waals surface area contributed by atoms with Crippen LogP contribution in [0.25, 0.3) is 11.3 Å². The van der Waals surface area contributed by atoms with E-state index in [4.69, 9.17) is 0 Å². The molecular formula is C16H20N2OS. The largest absolute Gasteiger partial charge is 0.356 e. The SMILES string of the molecule is CCCCC(=O)NCCc1nc(-c2ccccc2)cs1. The van der Waals surface area contributed by atoms with E-state index in [1.807, 2.05) is 18.2 Å². The lowest BCUT2D eigenvalue weighted by Crippen LogP contribution is -2.25. The van der Waals surface area contributed by atoms with Crippen LogP contribution in [0.15, 0.2) is 35.7 Å². The molecule has 0 radical (unpaired) electrons. The van der Waals surface area contributed by atoms with Crippen molar-refractivity contribution >= 4 is 17.2 Å². The molecule has 0 spiro atoms. The number of hydrogen-bond acceptors (Lipinski definition) is 3. The molecule has 1 amide bonds. The Hall–Kier alpha value is -1.68. The summed E-state index contributed by atoms with van der Waals surface area (Å²) in [4.78, 5) is 16.1. The van der Waals surface area contributed by atoms with E-state index in [0.717, 1.165) is 35.5 Å². The molecular weight excluding hydrogens is 268 g/mol. The second kappa shape index (κ2) is 7.80. The van der Waals surface area contributed by atoms with Crippen LogP contribution in [0, 0.1) is 0 Å². The zero-order chi connectivity index (χ0) is 14.2. The maximum atomic E-state index is 11.5. The lowest BCUT2D eigenvalue weighted by Gasteiger charge is -2.02. The Bertz CT molecular complexity index is 536. The van der Waals surface area contributed by atoms with Crippen LogP contribution < -0.4 is 5.32 Å². The van der Waals surface area contributed by atoms with Gasteiger partial charge in [0.2, 0.25) is 5.91 Å². The summed E-state index contributed by atoms with van der Waals surface area (Å²) >= 11 is 1.65. The minimum absolute atomic E-state index is 0.145. The number of carbonyl (C=O) groups is 1. The van der Waals surface area contributed by atoms with E-state index >= 15 is 0 Å². The van der Waals surface area contributed by atoms with Gasteiger partial charge in [0.1, 0.15) is 0 Å². The third-order valence-corrected chi connectivity index (χ3v) is 3.95. The molecule has 1 aromatic carbocycles. The fourth-order valence-corrected chi connectivity index (χ4v) is 2.71. The molecule has 1 N–H and O–H groups in total. The van der Waals surface area contributed by atoms with Crippen molar-refractivity contribution in [2.45, 2.75) is 32.6 Å². The fraction of sp³-hybridized carbons (Fsp3) is 0.375. The third-order valence-electron chi connectivity index (χ3n) is 3.04. The van der Waals surface area contributed by atoms with E-state index in [1.165, 1.54) is 0 Å². The topological polar surface area (TPSA) is 42.0 Å². The highest BCUT2D eigenvalue weighted by atomic mass is 32.1. The van der Waals surface area contributed by atoms with Crippen LogP contribution in [0.2, 0.25) is 0 Å². The molecule has 0 fully saturated rings. The van der Waals surface area contributed by atoms with Crippen LogP contribution in [0.1, 0.15) is 31.2 Å². The predicted molar refractivity (Wildman–Crippen MR) is 83.8 cm³/mol. The maximum absolute atomic E-state index is 11.5. The summed E-state index contributed by atoms with van der Waals surface area (Å²) in [5, 5.41) is 6.08. The molecule has 0 saturated heterocycles. The van der Waals surface area contributed by atoms with E-state index in [9.17, 15) is 4.79 Å². The lowest BCUT2D eigenvalue weighted by molar-refractivity contribution is -0.121. The van der Waals surface area contributed by atoms with E-state index in [-0.39, 0.29) is 5.91 Å². The molecule has 20 heavy (non-hydrogen) atoms. The number of amides is 1. The van der Waals surface area contributed by atoms with Gasteiger partial charge in [-0.1, -0.05) is 43.7 Å². The highest BCUT2D eigenvalue weighted by Gasteiger charge is 2.05. The number of hydrogen-bond donors (Lipinski definition) is 1. The van der Waals surface area contributed by atoms with Crippen LogP contribution in [-0.2, 0) is 11.2 Å². The predicted octanol–water partition coefficient (Wildman–Crippen LogP) is 3.66. The van der Waals surface area contributed by atoms with E-state index in [1.54, 1.807) is 11.3 Å². The van der Waals surface area contributed by atoms with Crippen LogP contribution in [0.5, 0.6) is 0 Å². The zero-order valence-corrected chi connectivity index (χ0v) is 12.6. The fourth-order valence-electron chi connectivity index (χ4n) is 1.90. The minimum atomic E-state index is 0.145. The van der Waals surface area contributed by atoms with Gasteiger partial charge in [-0.15, -0.1) is 11.3 Å². The molecule has 0 aliphatic heterocycles. The van der Waals surface area contributed by atoms with Gasteiger partial charge in [0.25, 0.3) is 0 Å². The Morgan fingerprint density at radius 2 is 2.10 bits per heavy atom. The van der Waals surface area contributed by atoms with Crippen molar-refractivity contribution in [1.29, 1.82) is 0 Å². The van der Waals surface area contributed by atoms with Crippen molar-refractivity contribution in [3.05, 3.63) is 40.7 Å². The molecule has 0 unspecified atom stereocenters. The molecule has 0 bridgehead atoms. The van der Waals surface area contributed by atoms with Gasteiger partial charge in [0.15, 0.2) is 0 Å². The zero-order valence-electron chi connectivity index (χ0n) is 11.8. The van der Waals surface area contributed by atoms with Gasteiger partial charge < -0.3 is 5.32 Å². The second-order valence-electron chi connectivity index (χ2n) is 4.70. The Morgan fingerprint density at radius 1 is 1.30 bits per heavy atom. The number of carbonyl (C=O) groups excluding carboxylic acids is 1. The average Bonchev–Trinajstić information content (AvgIpc) is 2.95. The Labute approximate surface area is 124 Å². The first-order chi connectivity index (χ1) is 9.79. The summed E-state index contributed by atoms with van der Waals surface area (Å²) in [6, 6.07) is 10.2. The number of benzene rings is 1. The molecule has 2 aromatic rings. The van der Waals surface area contributed by atoms with Gasteiger partial charge in [-0.3, -0.25) is 4.79 Å². The number of nitrogens with zero attached hydrogens (tertiary/aromatic N) is 1. The number of aromatic nitrogens is 1. The number of thiazole rings is 1. The smallest absolute Gasteiger partial charge is 0.220 e. The van der Waals surface area contributed by atoms with Gasteiger partial charge >= 0.3 is 0 Å². The second-order valence-corrected chi connectivity index (χ2v) is 5.64. The molecule has 106 valence electrons. The van der Waals surface area contributed by atoms with Gasteiger partial charge in [-0.05, 0) is 6.42 Å². The third kappa shape index (κ3) is 4.46. The average molecular weight is 288 g/mol. The lowest BCUT2D eigenvalue weighted by atomic mass is 10.2. The van der Waals surface area contributed by atoms with Crippen LogP contribution in [-0.4, -0.2) is 17.4 Å². The molecule has 0 atom stereocenters. The van der Waals surface area contributed by atoms with E-state index in [2.05, 4.69) is 34.7 Å². The van der Waals surface area contributed by atoms with Crippen molar-refractivity contribution in [3.8, 4) is 11.3 Å². The Morgan fingerprint density at radius 3 is 2.85 bits per heavy atom. The first-order valence-corrected chi connectivity index (χ1v) is 7.94. The molecule has 1 aromatic heterocycles. The minimum Gasteiger partial charge on any atom is -0.356 e. The normalized spacial score (nSPS) is 10.4. The monoisotopic (exact) mass is 288 g/mol. The summed E-state index contributed by atoms with van der Waals surface area (Å²) in [6.07, 6.45) is 3.45. The van der Waals surface area contributed by atoms with E-state index < -0.39 is 0 Å². The Kier molecular flexibility index (Phi) is 5.74. The summed E-state index contributed by atoms with van der Waals surface area (Å²) in [5.74, 6) is 0.145. The van der Waals surface area contributed by atoms with Crippen molar-refractivity contribution in [2.75, 3.05) is 6.54 Å². The van der Waals surface area contributed by atoms with E-state index in [0.29, 0.717) is 13.0 Å². The molecule has 4 heteroatoms. The standard InChI is InChI=1S/C16H20N2OS/c1-2-3-9-15(19)17-11-10-16-18-14(12-20-16)13-7-5-4-6-8-13/h4-8,12H,2-3,9-11H2,1H3,(H,17,19). The van der Waals surface area contributed by atoms with Gasteiger partial charge in [-0.25, -0.2) is 4.98 Å². The number of rotatable bonds is 7. The van der Waals surface area contributed by atoms with Crippen molar-refractivity contribution in [2.24, 2.45) is 0 Å². The highest BCUT2D eigenvalue weighted by molar-refractivity contribution is 7.09. The van der Waals surface area contributed by atoms with Crippen LogP contribution >= 0.6 is 11.3 Å². The summed E-state index contributed by atoms with van der Waals surface area (Å²) in [5.41, 5.74) is 2.16. The summed E-state index contributed by atoms with van der Waals surface area (Å²) in [7, 11) is 0. The highest BCUT2D eigenvalue weighted by Crippen LogP contribution is 2.21. The summed E-state index contributed by atoms with van der Waals surface area (Å²) in [6.45, 7) is 2.76. The summed E-state index contributed by atoms with van der Waals surface area (Å²) < 4.78 is 0. The van der Waals surface area contributed by atoms with Crippen molar-refractivity contribution in [1.82, 2.24) is 10.3 Å². The molecule has 2 rings (SSSR count). The molecule has 0 saturated carbocycles. The first-order valence-electron chi connectivity index (χ1n) is 7.06. The number of unbranched alkanes of at least 4 members (excludes halogenated alkanes) is 1. The molecule has 1 heterocycles. The van der Waals surface area contributed by atoms with Crippen LogP contribution in [0.3, 0.4) is 0 Å². The molecule has 0 aliphatic carbocycles. The maximum Gasteiger partial charge on any atom is 0.220 e. The van der Waals surface area contributed by atoms with Gasteiger partial charge in [0.05, 0.1) is 10.7 Å². The Balaban J connectivity index is 1.80. The first kappa shape index (κ1) is 14.7. The van der Waals surface area contributed by atoms with Crippen LogP contribution in [0.4, 0.5) is 0 Å². The van der Waals surface area contributed by atoms with Gasteiger partial charge in [0, 0.05) is 30.3 Å². The molecule has 3 nitrogen and oxygen atoms in total. The quantitative estimate of drug-likeness (QED) is 0.845.